The SMILES string of the molecule is C#CCCCNC(=O)c1cc(F)ccc1O. The molecular weight excluding hydrogens is 209 g/mol. The van der Waals surface area contributed by atoms with Gasteiger partial charge in [-0.2, -0.15) is 0 Å². The third-order valence-electron chi connectivity index (χ3n) is 1.99. The molecule has 1 aromatic rings. The number of phenolic OH excluding ortho intramolecular Hbond substituents is 1. The topological polar surface area (TPSA) is 49.3 Å². The van der Waals surface area contributed by atoms with Crippen molar-refractivity contribution in [1.82, 2.24) is 5.32 Å². The van der Waals surface area contributed by atoms with Gasteiger partial charge in [-0.05, 0) is 24.6 Å². The zero-order chi connectivity index (χ0) is 12.0. The van der Waals surface area contributed by atoms with Crippen LogP contribution in [0.1, 0.15) is 23.2 Å². The van der Waals surface area contributed by atoms with Crippen molar-refractivity contribution in [2.45, 2.75) is 12.8 Å². The van der Waals surface area contributed by atoms with Gasteiger partial charge in [0.1, 0.15) is 11.6 Å². The van der Waals surface area contributed by atoms with E-state index in [0.29, 0.717) is 19.4 Å². The zero-order valence-corrected chi connectivity index (χ0v) is 8.66. The summed E-state index contributed by atoms with van der Waals surface area (Å²) in [5.41, 5.74) is -0.0688. The van der Waals surface area contributed by atoms with Crippen LogP contribution >= 0.6 is 0 Å². The molecule has 0 aliphatic heterocycles. The maximum atomic E-state index is 12.8. The van der Waals surface area contributed by atoms with E-state index in [-0.39, 0.29) is 11.3 Å². The lowest BCUT2D eigenvalue weighted by atomic mass is 10.2. The van der Waals surface area contributed by atoms with Gasteiger partial charge in [0.05, 0.1) is 5.56 Å². The standard InChI is InChI=1S/C12H12FNO2/c1-2-3-4-7-14-12(16)10-8-9(13)5-6-11(10)15/h1,5-6,8,15H,3-4,7H2,(H,14,16). The van der Waals surface area contributed by atoms with E-state index < -0.39 is 11.7 Å². The first-order chi connectivity index (χ1) is 7.65. The van der Waals surface area contributed by atoms with Crippen LogP contribution < -0.4 is 5.32 Å². The van der Waals surface area contributed by atoms with Gasteiger partial charge in [-0.1, -0.05) is 0 Å². The molecule has 0 fully saturated rings. The van der Waals surface area contributed by atoms with Gasteiger partial charge in [-0.3, -0.25) is 4.79 Å². The molecule has 0 unspecified atom stereocenters. The number of amides is 1. The molecular formula is C12H12FNO2. The fraction of sp³-hybridized carbons (Fsp3) is 0.250. The summed E-state index contributed by atoms with van der Waals surface area (Å²) >= 11 is 0. The molecule has 3 nitrogen and oxygen atoms in total. The Kier molecular flexibility index (Phi) is 4.34. The maximum Gasteiger partial charge on any atom is 0.255 e. The monoisotopic (exact) mass is 221 g/mol. The van der Waals surface area contributed by atoms with Crippen LogP contribution in [0.3, 0.4) is 0 Å². The first kappa shape index (κ1) is 12.1. The summed E-state index contributed by atoms with van der Waals surface area (Å²) in [5.74, 6) is 1.13. The van der Waals surface area contributed by atoms with E-state index in [2.05, 4.69) is 11.2 Å². The van der Waals surface area contributed by atoms with E-state index >= 15 is 0 Å². The normalized spacial score (nSPS) is 9.50. The molecule has 84 valence electrons. The fourth-order valence-corrected chi connectivity index (χ4v) is 1.18. The summed E-state index contributed by atoms with van der Waals surface area (Å²) in [6, 6.07) is 3.22. The van der Waals surface area contributed by atoms with Crippen LogP contribution in [-0.2, 0) is 0 Å². The molecule has 0 bridgehead atoms. The lowest BCUT2D eigenvalue weighted by Crippen LogP contribution is -2.24. The third kappa shape index (κ3) is 3.28. The molecule has 0 heterocycles. The van der Waals surface area contributed by atoms with Crippen molar-refractivity contribution in [3.05, 3.63) is 29.6 Å². The highest BCUT2D eigenvalue weighted by Crippen LogP contribution is 2.17. The van der Waals surface area contributed by atoms with Gasteiger partial charge in [-0.15, -0.1) is 12.3 Å². The number of carbonyl (C=O) groups is 1. The molecule has 0 spiro atoms. The van der Waals surface area contributed by atoms with Gasteiger partial charge in [0, 0.05) is 13.0 Å². The molecule has 0 saturated carbocycles. The Balaban J connectivity index is 2.59. The van der Waals surface area contributed by atoms with Gasteiger partial charge >= 0.3 is 0 Å². The lowest BCUT2D eigenvalue weighted by Gasteiger charge is -2.05. The van der Waals surface area contributed by atoms with Crippen molar-refractivity contribution in [2.24, 2.45) is 0 Å². The Labute approximate surface area is 93.3 Å². The minimum Gasteiger partial charge on any atom is -0.507 e. The maximum absolute atomic E-state index is 12.8. The molecule has 1 aromatic carbocycles. The summed E-state index contributed by atoms with van der Waals surface area (Å²) < 4.78 is 12.8. The van der Waals surface area contributed by atoms with Crippen LogP contribution in [0, 0.1) is 18.2 Å². The van der Waals surface area contributed by atoms with Gasteiger partial charge < -0.3 is 10.4 Å². The summed E-state index contributed by atoms with van der Waals surface area (Å²) in [6.07, 6.45) is 6.26. The zero-order valence-electron chi connectivity index (χ0n) is 8.66. The lowest BCUT2D eigenvalue weighted by molar-refractivity contribution is 0.0950. The van der Waals surface area contributed by atoms with Crippen LogP contribution in [0.15, 0.2) is 18.2 Å². The molecule has 2 N–H and O–H groups in total. The van der Waals surface area contributed by atoms with E-state index in [0.717, 1.165) is 18.2 Å². The number of benzene rings is 1. The summed E-state index contributed by atoms with van der Waals surface area (Å²) in [5, 5.41) is 11.9. The second-order valence-corrected chi connectivity index (χ2v) is 3.23. The van der Waals surface area contributed by atoms with E-state index in [1.54, 1.807) is 0 Å². The molecule has 0 radical (unpaired) electrons. The van der Waals surface area contributed by atoms with Crippen LogP contribution in [-0.4, -0.2) is 17.6 Å². The Morgan fingerprint density at radius 1 is 1.56 bits per heavy atom. The number of phenols is 1. The smallest absolute Gasteiger partial charge is 0.255 e. The van der Waals surface area contributed by atoms with Crippen molar-refractivity contribution in [2.75, 3.05) is 6.54 Å². The minimum absolute atomic E-state index is 0.0688. The number of hydrogen-bond acceptors (Lipinski definition) is 2. The van der Waals surface area contributed by atoms with Gasteiger partial charge in [-0.25, -0.2) is 4.39 Å². The highest BCUT2D eigenvalue weighted by Gasteiger charge is 2.11. The van der Waals surface area contributed by atoms with E-state index in [9.17, 15) is 14.3 Å². The Morgan fingerprint density at radius 3 is 3.00 bits per heavy atom. The number of halogens is 1. The van der Waals surface area contributed by atoms with Crippen molar-refractivity contribution < 1.29 is 14.3 Å². The number of rotatable bonds is 4. The average molecular weight is 221 g/mol. The molecule has 0 aromatic heterocycles. The highest BCUT2D eigenvalue weighted by atomic mass is 19.1. The molecule has 4 heteroatoms. The number of aromatic hydroxyl groups is 1. The summed E-state index contributed by atoms with van der Waals surface area (Å²) in [4.78, 5) is 11.5. The minimum atomic E-state index is -0.563. The molecule has 1 amide bonds. The number of unbranched alkanes of at least 4 members (excludes halogenated alkanes) is 1. The largest absolute Gasteiger partial charge is 0.507 e. The first-order valence-corrected chi connectivity index (χ1v) is 4.85. The third-order valence-corrected chi connectivity index (χ3v) is 1.99. The van der Waals surface area contributed by atoms with Crippen LogP contribution in [0.5, 0.6) is 5.75 Å². The number of carbonyl (C=O) groups excluding carboxylic acids is 1. The van der Waals surface area contributed by atoms with E-state index in [1.807, 2.05) is 0 Å². The van der Waals surface area contributed by atoms with Crippen molar-refractivity contribution >= 4 is 5.91 Å². The Hall–Kier alpha value is -2.02. The van der Waals surface area contributed by atoms with Gasteiger partial charge in [0.15, 0.2) is 0 Å². The predicted molar refractivity (Wildman–Crippen MR) is 58.5 cm³/mol. The molecule has 0 aliphatic rings. The van der Waals surface area contributed by atoms with Crippen molar-refractivity contribution in [1.29, 1.82) is 0 Å². The second kappa shape index (κ2) is 5.76. The van der Waals surface area contributed by atoms with E-state index in [1.165, 1.54) is 0 Å². The Morgan fingerprint density at radius 2 is 2.31 bits per heavy atom. The van der Waals surface area contributed by atoms with Crippen LogP contribution in [0.25, 0.3) is 0 Å². The fourth-order valence-electron chi connectivity index (χ4n) is 1.18. The van der Waals surface area contributed by atoms with Gasteiger partial charge in [0.25, 0.3) is 5.91 Å². The molecule has 0 atom stereocenters. The number of hydrogen-bond donors (Lipinski definition) is 2. The first-order valence-electron chi connectivity index (χ1n) is 4.85. The van der Waals surface area contributed by atoms with Crippen LogP contribution in [0.4, 0.5) is 4.39 Å². The average Bonchev–Trinajstić information content (AvgIpc) is 2.27. The van der Waals surface area contributed by atoms with Crippen molar-refractivity contribution in [3.63, 3.8) is 0 Å². The summed E-state index contributed by atoms with van der Waals surface area (Å²) in [7, 11) is 0. The quantitative estimate of drug-likeness (QED) is 0.600. The number of nitrogens with one attached hydrogen (secondary N) is 1. The second-order valence-electron chi connectivity index (χ2n) is 3.23. The van der Waals surface area contributed by atoms with Crippen molar-refractivity contribution in [3.8, 4) is 18.1 Å². The highest BCUT2D eigenvalue weighted by molar-refractivity contribution is 5.96. The Bertz CT molecular complexity index is 424. The molecule has 0 aliphatic carbocycles. The van der Waals surface area contributed by atoms with Gasteiger partial charge in [0.2, 0.25) is 0 Å². The molecule has 1 rings (SSSR count). The number of terminal acetylenes is 1. The molecule has 0 saturated heterocycles. The van der Waals surface area contributed by atoms with Crippen LogP contribution in [0.2, 0.25) is 0 Å². The molecule has 16 heavy (non-hydrogen) atoms. The van der Waals surface area contributed by atoms with E-state index in [4.69, 9.17) is 6.42 Å². The predicted octanol–water partition coefficient (Wildman–Crippen LogP) is 1.67. The summed E-state index contributed by atoms with van der Waals surface area (Å²) in [6.45, 7) is 0.402.